The van der Waals surface area contributed by atoms with Crippen molar-refractivity contribution in [3.05, 3.63) is 29.6 Å². The van der Waals surface area contributed by atoms with Gasteiger partial charge in [-0.05, 0) is 49.1 Å². The van der Waals surface area contributed by atoms with Crippen molar-refractivity contribution < 1.29 is 9.13 Å². The number of hydrazine groups is 1. The lowest BCUT2D eigenvalue weighted by Crippen LogP contribution is -2.48. The van der Waals surface area contributed by atoms with E-state index in [1.165, 1.54) is 6.07 Å². The number of anilines is 1. The summed E-state index contributed by atoms with van der Waals surface area (Å²) in [6.45, 7) is 2.84. The van der Waals surface area contributed by atoms with E-state index in [1.807, 2.05) is 0 Å². The van der Waals surface area contributed by atoms with Crippen LogP contribution in [-0.2, 0) is 4.74 Å². The fraction of sp³-hybridized carbons (Fsp3) is 0.333. The van der Waals surface area contributed by atoms with Gasteiger partial charge in [0, 0.05) is 19.3 Å². The van der Waals surface area contributed by atoms with Gasteiger partial charge in [0.25, 0.3) is 0 Å². The highest BCUT2D eigenvalue weighted by molar-refractivity contribution is 7.80. The number of benzene rings is 1. The molecule has 0 fully saturated rings. The van der Waals surface area contributed by atoms with Gasteiger partial charge in [0.2, 0.25) is 0 Å². The molecule has 4 N–H and O–H groups in total. The lowest BCUT2D eigenvalue weighted by molar-refractivity contribution is 0.204. The molecular weight excluding hydrogens is 299 g/mol. The summed E-state index contributed by atoms with van der Waals surface area (Å²) in [5, 5.41) is 6.41. The molecule has 0 spiro atoms. The van der Waals surface area contributed by atoms with Crippen molar-refractivity contribution in [1.29, 1.82) is 0 Å². The molecule has 110 valence electrons. The Morgan fingerprint density at radius 2 is 1.95 bits per heavy atom. The molecule has 0 radical (unpaired) electrons. The third kappa shape index (κ3) is 6.09. The summed E-state index contributed by atoms with van der Waals surface area (Å²) in [5.74, 6) is -0.289. The number of methoxy groups -OCH3 is 1. The van der Waals surface area contributed by atoms with E-state index in [2.05, 4.69) is 21.5 Å². The number of nitrogens with one attached hydrogen (secondary N) is 4. The van der Waals surface area contributed by atoms with Gasteiger partial charge >= 0.3 is 0 Å². The van der Waals surface area contributed by atoms with Gasteiger partial charge in [-0.2, -0.15) is 0 Å². The standard InChI is InChI=1S/C12H17FN4OS2/c1-8-3-4-9(7-10(8)13)15-12(20)17-16-11(19)14-5-6-18-2/h3-4,7H,5-6H2,1-2H3,(H2,14,16,19)(H2,15,17,20). The van der Waals surface area contributed by atoms with Crippen LogP contribution in [0.25, 0.3) is 0 Å². The molecular formula is C12H17FN4OS2. The molecule has 5 nitrogen and oxygen atoms in total. The smallest absolute Gasteiger partial charge is 0.189 e. The SMILES string of the molecule is COCCNC(=S)NNC(=S)Nc1ccc(C)c(F)c1. The fourth-order valence-electron chi connectivity index (χ4n) is 1.26. The highest BCUT2D eigenvalue weighted by Gasteiger charge is 2.02. The van der Waals surface area contributed by atoms with Gasteiger partial charge in [-0.15, -0.1) is 0 Å². The summed E-state index contributed by atoms with van der Waals surface area (Å²) in [4.78, 5) is 0. The molecule has 0 saturated heterocycles. The summed E-state index contributed by atoms with van der Waals surface area (Å²) < 4.78 is 18.2. The molecule has 0 aromatic heterocycles. The van der Waals surface area contributed by atoms with Crippen molar-refractivity contribution >= 4 is 40.3 Å². The Morgan fingerprint density at radius 1 is 1.25 bits per heavy atom. The second-order valence-corrected chi connectivity index (χ2v) is 4.73. The largest absolute Gasteiger partial charge is 0.383 e. The van der Waals surface area contributed by atoms with E-state index in [4.69, 9.17) is 29.2 Å². The van der Waals surface area contributed by atoms with E-state index in [1.54, 1.807) is 26.2 Å². The van der Waals surface area contributed by atoms with Gasteiger partial charge in [0.15, 0.2) is 10.2 Å². The molecule has 0 saturated carbocycles. The van der Waals surface area contributed by atoms with Crippen LogP contribution in [0.4, 0.5) is 10.1 Å². The van der Waals surface area contributed by atoms with Crippen LogP contribution in [0.5, 0.6) is 0 Å². The zero-order chi connectivity index (χ0) is 15.0. The molecule has 1 aromatic rings. The molecule has 0 aliphatic rings. The predicted octanol–water partition coefficient (Wildman–Crippen LogP) is 1.45. The van der Waals surface area contributed by atoms with Crippen molar-refractivity contribution in [2.24, 2.45) is 0 Å². The minimum absolute atomic E-state index is 0.282. The summed E-state index contributed by atoms with van der Waals surface area (Å²) in [7, 11) is 1.61. The van der Waals surface area contributed by atoms with Gasteiger partial charge in [-0.3, -0.25) is 10.9 Å². The first-order valence-corrected chi connectivity index (χ1v) is 6.70. The summed E-state index contributed by atoms with van der Waals surface area (Å²) in [5.41, 5.74) is 6.54. The number of ether oxygens (including phenoxy) is 1. The van der Waals surface area contributed by atoms with Crippen LogP contribution < -0.4 is 21.5 Å². The Kier molecular flexibility index (Phi) is 7.13. The Labute approximate surface area is 128 Å². The minimum Gasteiger partial charge on any atom is -0.383 e. The summed E-state index contributed by atoms with van der Waals surface area (Å²) >= 11 is 10.0. The number of rotatable bonds is 4. The third-order valence-electron chi connectivity index (χ3n) is 2.31. The summed E-state index contributed by atoms with van der Waals surface area (Å²) in [6.07, 6.45) is 0. The maximum atomic E-state index is 13.4. The lowest BCUT2D eigenvalue weighted by atomic mass is 10.2. The van der Waals surface area contributed by atoms with E-state index in [9.17, 15) is 4.39 Å². The zero-order valence-electron chi connectivity index (χ0n) is 11.2. The summed E-state index contributed by atoms with van der Waals surface area (Å²) in [6, 6.07) is 4.78. The third-order valence-corrected chi connectivity index (χ3v) is 2.76. The van der Waals surface area contributed by atoms with E-state index in [-0.39, 0.29) is 10.9 Å². The highest BCUT2D eigenvalue weighted by atomic mass is 32.1. The van der Waals surface area contributed by atoms with Crippen molar-refractivity contribution in [2.45, 2.75) is 6.92 Å². The van der Waals surface area contributed by atoms with E-state index < -0.39 is 0 Å². The minimum atomic E-state index is -0.289. The molecule has 8 heteroatoms. The highest BCUT2D eigenvalue weighted by Crippen LogP contribution is 2.13. The lowest BCUT2D eigenvalue weighted by Gasteiger charge is -2.14. The number of thiocarbonyl (C=S) groups is 2. The van der Waals surface area contributed by atoms with Crippen LogP contribution in [-0.4, -0.2) is 30.5 Å². The molecule has 0 bridgehead atoms. The van der Waals surface area contributed by atoms with Crippen LogP contribution in [0, 0.1) is 12.7 Å². The van der Waals surface area contributed by atoms with Gasteiger partial charge in [0.05, 0.1) is 6.61 Å². The molecule has 0 atom stereocenters. The van der Waals surface area contributed by atoms with Crippen LogP contribution in [0.1, 0.15) is 5.56 Å². The molecule has 0 aliphatic carbocycles. The normalized spacial score (nSPS) is 9.75. The van der Waals surface area contributed by atoms with Crippen LogP contribution >= 0.6 is 24.4 Å². The maximum Gasteiger partial charge on any atom is 0.189 e. The van der Waals surface area contributed by atoms with Crippen molar-refractivity contribution in [3.63, 3.8) is 0 Å². The first-order chi connectivity index (χ1) is 9.52. The van der Waals surface area contributed by atoms with E-state index >= 15 is 0 Å². The van der Waals surface area contributed by atoms with Crippen LogP contribution in [0.2, 0.25) is 0 Å². The van der Waals surface area contributed by atoms with Crippen molar-refractivity contribution in [3.8, 4) is 0 Å². The number of hydrogen-bond donors (Lipinski definition) is 4. The number of hydrogen-bond acceptors (Lipinski definition) is 3. The zero-order valence-corrected chi connectivity index (χ0v) is 12.9. The first kappa shape index (κ1) is 16.5. The average Bonchev–Trinajstić information content (AvgIpc) is 2.41. The Hall–Kier alpha value is -1.51. The van der Waals surface area contributed by atoms with E-state index in [0.29, 0.717) is 29.5 Å². The van der Waals surface area contributed by atoms with Gasteiger partial charge < -0.3 is 15.4 Å². The monoisotopic (exact) mass is 316 g/mol. The Bertz CT molecular complexity index is 485. The Balaban J connectivity index is 2.32. The quantitative estimate of drug-likeness (QED) is 0.381. The molecule has 20 heavy (non-hydrogen) atoms. The van der Waals surface area contributed by atoms with Gasteiger partial charge in [0.1, 0.15) is 5.82 Å². The predicted molar refractivity (Wildman–Crippen MR) is 86.1 cm³/mol. The molecule has 0 amide bonds. The second kappa shape index (κ2) is 8.62. The topological polar surface area (TPSA) is 57.4 Å². The number of halogens is 1. The van der Waals surface area contributed by atoms with Crippen molar-refractivity contribution in [2.75, 3.05) is 25.6 Å². The molecule has 0 aliphatic heterocycles. The van der Waals surface area contributed by atoms with Crippen LogP contribution in [0.15, 0.2) is 18.2 Å². The van der Waals surface area contributed by atoms with Crippen molar-refractivity contribution in [1.82, 2.24) is 16.2 Å². The van der Waals surface area contributed by atoms with Crippen LogP contribution in [0.3, 0.4) is 0 Å². The van der Waals surface area contributed by atoms with Gasteiger partial charge in [-0.25, -0.2) is 4.39 Å². The molecule has 1 rings (SSSR count). The molecule has 0 unspecified atom stereocenters. The molecule has 0 heterocycles. The first-order valence-electron chi connectivity index (χ1n) is 5.89. The fourth-order valence-corrected chi connectivity index (χ4v) is 1.58. The number of aryl methyl sites for hydroxylation is 1. The molecule has 1 aromatic carbocycles. The van der Waals surface area contributed by atoms with E-state index in [0.717, 1.165) is 0 Å². The van der Waals surface area contributed by atoms with Gasteiger partial charge in [-0.1, -0.05) is 6.07 Å². The average molecular weight is 316 g/mol. The Morgan fingerprint density at radius 3 is 2.60 bits per heavy atom. The second-order valence-electron chi connectivity index (χ2n) is 3.92. The maximum absolute atomic E-state index is 13.4.